The molecule has 2 rings (SSSR count). The van der Waals surface area contributed by atoms with E-state index in [9.17, 15) is 4.79 Å². The van der Waals surface area contributed by atoms with Crippen molar-refractivity contribution in [1.29, 1.82) is 0 Å². The second-order valence-corrected chi connectivity index (χ2v) is 6.08. The number of ketones is 1. The van der Waals surface area contributed by atoms with Crippen LogP contribution in [0.4, 0.5) is 0 Å². The Labute approximate surface area is 158 Å². The predicted molar refractivity (Wildman–Crippen MR) is 99.5 cm³/mol. The standard InChI is InChI=1S/C19H22ClNO5/c1-9-10(2)16(23-4)18(25-6)17(24-5)13(9)15(22)14-11(3)12(20)8-21-19(14)26-7/h8H,1-7H3. The Morgan fingerprint density at radius 2 is 1.38 bits per heavy atom. The van der Waals surface area contributed by atoms with Gasteiger partial charge in [0.25, 0.3) is 0 Å². The molecule has 7 heteroatoms. The average molecular weight is 380 g/mol. The van der Waals surface area contributed by atoms with Gasteiger partial charge in [0.05, 0.1) is 44.6 Å². The Kier molecular flexibility index (Phi) is 5.97. The van der Waals surface area contributed by atoms with Gasteiger partial charge in [0.2, 0.25) is 17.4 Å². The summed E-state index contributed by atoms with van der Waals surface area (Å²) in [6.07, 6.45) is 1.45. The quantitative estimate of drug-likeness (QED) is 0.708. The highest BCUT2D eigenvalue weighted by Crippen LogP contribution is 2.46. The van der Waals surface area contributed by atoms with Gasteiger partial charge in [-0.1, -0.05) is 11.6 Å². The SMILES string of the molecule is COc1ncc(Cl)c(C)c1C(=O)c1c(C)c(C)c(OC)c(OC)c1OC. The molecule has 0 amide bonds. The van der Waals surface area contributed by atoms with Crippen LogP contribution >= 0.6 is 11.6 Å². The summed E-state index contributed by atoms with van der Waals surface area (Å²) in [6.45, 7) is 5.43. The minimum absolute atomic E-state index is 0.200. The highest BCUT2D eigenvalue weighted by molar-refractivity contribution is 6.32. The summed E-state index contributed by atoms with van der Waals surface area (Å²) in [4.78, 5) is 17.6. The third-order valence-electron chi connectivity index (χ3n) is 4.42. The Bertz CT molecular complexity index is 864. The lowest BCUT2D eigenvalue weighted by atomic mass is 9.92. The Balaban J connectivity index is 2.87. The molecule has 0 saturated carbocycles. The van der Waals surface area contributed by atoms with Crippen molar-refractivity contribution in [3.8, 4) is 23.1 Å². The zero-order chi connectivity index (χ0) is 19.6. The number of carbonyl (C=O) groups excluding carboxylic acids is 1. The number of ether oxygens (including phenoxy) is 4. The molecule has 0 bridgehead atoms. The number of methoxy groups -OCH3 is 4. The fourth-order valence-corrected chi connectivity index (χ4v) is 3.06. The number of hydrogen-bond acceptors (Lipinski definition) is 6. The summed E-state index contributed by atoms with van der Waals surface area (Å²) < 4.78 is 21.7. The Morgan fingerprint density at radius 1 is 0.808 bits per heavy atom. The van der Waals surface area contributed by atoms with Crippen LogP contribution in [-0.2, 0) is 0 Å². The Morgan fingerprint density at radius 3 is 1.88 bits per heavy atom. The first-order chi connectivity index (χ1) is 12.3. The molecule has 0 fully saturated rings. The third kappa shape index (κ3) is 3.05. The molecule has 6 nitrogen and oxygen atoms in total. The van der Waals surface area contributed by atoms with Crippen molar-refractivity contribution in [1.82, 2.24) is 4.98 Å². The predicted octanol–water partition coefficient (Wildman–Crippen LogP) is 3.93. The largest absolute Gasteiger partial charge is 0.492 e. The van der Waals surface area contributed by atoms with Crippen LogP contribution in [0.2, 0.25) is 5.02 Å². The van der Waals surface area contributed by atoms with E-state index < -0.39 is 0 Å². The number of benzene rings is 1. The van der Waals surface area contributed by atoms with Gasteiger partial charge in [0.15, 0.2) is 11.5 Å². The van der Waals surface area contributed by atoms with Crippen LogP contribution in [0, 0.1) is 20.8 Å². The molecule has 2 aromatic rings. The minimum Gasteiger partial charge on any atom is -0.492 e. The van der Waals surface area contributed by atoms with Gasteiger partial charge in [0.1, 0.15) is 0 Å². The summed E-state index contributed by atoms with van der Waals surface area (Å²) >= 11 is 6.18. The molecule has 0 unspecified atom stereocenters. The van der Waals surface area contributed by atoms with Gasteiger partial charge in [-0.3, -0.25) is 4.79 Å². The van der Waals surface area contributed by atoms with E-state index in [0.29, 0.717) is 39.0 Å². The highest BCUT2D eigenvalue weighted by Gasteiger charge is 2.30. The fraction of sp³-hybridized carbons (Fsp3) is 0.368. The van der Waals surface area contributed by atoms with Crippen molar-refractivity contribution in [3.05, 3.63) is 39.0 Å². The Hall–Kier alpha value is -2.47. The molecule has 0 spiro atoms. The third-order valence-corrected chi connectivity index (χ3v) is 4.80. The maximum atomic E-state index is 13.5. The second kappa shape index (κ2) is 7.83. The first kappa shape index (κ1) is 19.8. The van der Waals surface area contributed by atoms with Crippen LogP contribution in [-0.4, -0.2) is 39.2 Å². The van der Waals surface area contributed by atoms with Gasteiger partial charge in [0, 0.05) is 6.20 Å². The average Bonchev–Trinajstić information content (AvgIpc) is 2.64. The van der Waals surface area contributed by atoms with E-state index in [1.54, 1.807) is 14.0 Å². The summed E-state index contributed by atoms with van der Waals surface area (Å²) in [5.41, 5.74) is 2.71. The normalized spacial score (nSPS) is 10.5. The van der Waals surface area contributed by atoms with Gasteiger partial charge in [-0.05, 0) is 37.5 Å². The summed E-state index contributed by atoms with van der Waals surface area (Å²) in [5, 5.41) is 0.378. The zero-order valence-electron chi connectivity index (χ0n) is 15.9. The zero-order valence-corrected chi connectivity index (χ0v) is 16.7. The van der Waals surface area contributed by atoms with Gasteiger partial charge in [-0.25, -0.2) is 4.98 Å². The van der Waals surface area contributed by atoms with Crippen molar-refractivity contribution in [2.24, 2.45) is 0 Å². The van der Waals surface area contributed by atoms with Crippen molar-refractivity contribution in [2.75, 3.05) is 28.4 Å². The highest BCUT2D eigenvalue weighted by atomic mass is 35.5. The van der Waals surface area contributed by atoms with Gasteiger partial charge >= 0.3 is 0 Å². The van der Waals surface area contributed by atoms with Crippen LogP contribution in [0.3, 0.4) is 0 Å². The van der Waals surface area contributed by atoms with Crippen molar-refractivity contribution >= 4 is 17.4 Å². The van der Waals surface area contributed by atoms with Crippen LogP contribution in [0.15, 0.2) is 6.20 Å². The second-order valence-electron chi connectivity index (χ2n) is 5.67. The van der Waals surface area contributed by atoms with Gasteiger partial charge < -0.3 is 18.9 Å². The van der Waals surface area contributed by atoms with E-state index in [1.165, 1.54) is 27.5 Å². The molecule has 0 N–H and O–H groups in total. The number of aromatic nitrogens is 1. The molecule has 0 aliphatic rings. The molecular weight excluding hydrogens is 358 g/mol. The topological polar surface area (TPSA) is 66.9 Å². The summed E-state index contributed by atoms with van der Waals surface area (Å²) in [7, 11) is 5.97. The lowest BCUT2D eigenvalue weighted by Gasteiger charge is -2.21. The monoisotopic (exact) mass is 379 g/mol. The van der Waals surface area contributed by atoms with Crippen molar-refractivity contribution < 1.29 is 23.7 Å². The molecule has 140 valence electrons. The maximum Gasteiger partial charge on any atom is 0.224 e. The lowest BCUT2D eigenvalue weighted by molar-refractivity contribution is 0.103. The van der Waals surface area contributed by atoms with Crippen LogP contribution < -0.4 is 18.9 Å². The number of carbonyl (C=O) groups is 1. The van der Waals surface area contributed by atoms with E-state index in [0.717, 1.165) is 5.56 Å². The number of rotatable bonds is 6. The number of pyridine rings is 1. The van der Waals surface area contributed by atoms with E-state index in [2.05, 4.69) is 4.98 Å². The molecule has 0 aliphatic heterocycles. The van der Waals surface area contributed by atoms with E-state index in [4.69, 9.17) is 30.5 Å². The fourth-order valence-electron chi connectivity index (χ4n) is 2.92. The molecule has 1 aromatic heterocycles. The van der Waals surface area contributed by atoms with E-state index in [1.807, 2.05) is 13.8 Å². The van der Waals surface area contributed by atoms with Crippen molar-refractivity contribution in [2.45, 2.75) is 20.8 Å². The molecule has 1 aromatic carbocycles. The summed E-state index contributed by atoms with van der Waals surface area (Å²) in [5.74, 6) is 1.05. The smallest absolute Gasteiger partial charge is 0.224 e. The minimum atomic E-state index is -0.312. The van der Waals surface area contributed by atoms with Gasteiger partial charge in [-0.15, -0.1) is 0 Å². The molecule has 26 heavy (non-hydrogen) atoms. The van der Waals surface area contributed by atoms with E-state index >= 15 is 0 Å². The summed E-state index contributed by atoms with van der Waals surface area (Å²) in [6, 6.07) is 0. The molecule has 0 radical (unpaired) electrons. The van der Waals surface area contributed by atoms with Crippen molar-refractivity contribution in [3.63, 3.8) is 0 Å². The maximum absolute atomic E-state index is 13.5. The molecule has 0 atom stereocenters. The van der Waals surface area contributed by atoms with E-state index in [-0.39, 0.29) is 17.2 Å². The van der Waals surface area contributed by atoms with Gasteiger partial charge in [-0.2, -0.15) is 0 Å². The number of halogens is 1. The first-order valence-electron chi connectivity index (χ1n) is 7.86. The van der Waals surface area contributed by atoms with Crippen LogP contribution in [0.5, 0.6) is 23.1 Å². The van der Waals surface area contributed by atoms with Crippen LogP contribution in [0.25, 0.3) is 0 Å². The number of nitrogens with zero attached hydrogens (tertiary/aromatic N) is 1. The van der Waals surface area contributed by atoms with Crippen LogP contribution in [0.1, 0.15) is 32.6 Å². The molecule has 0 aliphatic carbocycles. The first-order valence-corrected chi connectivity index (χ1v) is 8.24. The number of hydrogen-bond donors (Lipinski definition) is 0. The molecular formula is C19H22ClNO5. The lowest BCUT2D eigenvalue weighted by Crippen LogP contribution is -2.13. The molecule has 1 heterocycles. The molecule has 0 saturated heterocycles.